The molecule has 0 N–H and O–H groups in total. The minimum atomic E-state index is 0.743. The molecule has 25 heavy (non-hydrogen) atoms. The van der Waals surface area contributed by atoms with E-state index in [1.165, 1.54) is 6.42 Å². The molecular weight excluding hydrogens is 308 g/mol. The van der Waals surface area contributed by atoms with Crippen molar-refractivity contribution in [3.63, 3.8) is 0 Å². The van der Waals surface area contributed by atoms with Crippen LogP contribution in [0.15, 0.2) is 42.7 Å². The van der Waals surface area contributed by atoms with Crippen LogP contribution in [0.4, 0.5) is 0 Å². The monoisotopic (exact) mass is 330 g/mol. The highest BCUT2D eigenvalue weighted by molar-refractivity contribution is 5.41. The Hall–Kier alpha value is -2.93. The summed E-state index contributed by atoms with van der Waals surface area (Å²) in [4.78, 5) is 13.5. The number of pyridine rings is 2. The van der Waals surface area contributed by atoms with Crippen molar-refractivity contribution in [1.29, 1.82) is 0 Å². The molecular formula is C21H22N4. The number of aryl methyl sites for hydroxylation is 3. The molecule has 0 unspecified atom stereocenters. The number of rotatable bonds is 4. The van der Waals surface area contributed by atoms with Gasteiger partial charge in [0.1, 0.15) is 17.3 Å². The normalized spacial score (nSPS) is 10.4. The maximum Gasteiger partial charge on any atom is 0.138 e. The average Bonchev–Trinajstić information content (AvgIpc) is 2.99. The molecule has 0 saturated carbocycles. The van der Waals surface area contributed by atoms with Crippen LogP contribution < -0.4 is 0 Å². The molecule has 3 rings (SSSR count). The Kier molecular flexibility index (Phi) is 5.25. The number of hydrogen-bond donors (Lipinski definition) is 0. The van der Waals surface area contributed by atoms with Gasteiger partial charge in [0.25, 0.3) is 0 Å². The van der Waals surface area contributed by atoms with Crippen LogP contribution in [-0.2, 0) is 6.42 Å². The van der Waals surface area contributed by atoms with Gasteiger partial charge in [-0.25, -0.2) is 9.97 Å². The predicted octanol–water partition coefficient (Wildman–Crippen LogP) is 4.02. The zero-order valence-corrected chi connectivity index (χ0v) is 15.0. The summed E-state index contributed by atoms with van der Waals surface area (Å²) in [6, 6.07) is 10.0. The Morgan fingerprint density at radius 3 is 2.76 bits per heavy atom. The number of hydrogen-bond acceptors (Lipinski definition) is 3. The molecule has 4 nitrogen and oxygen atoms in total. The van der Waals surface area contributed by atoms with E-state index in [0.717, 1.165) is 47.1 Å². The average molecular weight is 330 g/mol. The SMILES string of the molecule is CCCCc1cccc(-n2cc(C#Cc3ccnc(C)c3)nc2C)n1. The summed E-state index contributed by atoms with van der Waals surface area (Å²) in [6.07, 6.45) is 7.05. The van der Waals surface area contributed by atoms with E-state index < -0.39 is 0 Å². The molecule has 0 spiro atoms. The van der Waals surface area contributed by atoms with Crippen molar-refractivity contribution < 1.29 is 0 Å². The molecule has 0 aliphatic rings. The summed E-state index contributed by atoms with van der Waals surface area (Å²) in [7, 11) is 0. The first-order valence-electron chi connectivity index (χ1n) is 8.62. The molecule has 3 aromatic rings. The largest absolute Gasteiger partial charge is 0.287 e. The van der Waals surface area contributed by atoms with Crippen LogP contribution in [0.5, 0.6) is 0 Å². The molecule has 0 fully saturated rings. The lowest BCUT2D eigenvalue weighted by Crippen LogP contribution is -2.01. The van der Waals surface area contributed by atoms with Crippen LogP contribution in [0.2, 0.25) is 0 Å². The number of imidazole rings is 1. The minimum Gasteiger partial charge on any atom is -0.287 e. The fraction of sp³-hybridized carbons (Fsp3) is 0.286. The Labute approximate surface area is 149 Å². The van der Waals surface area contributed by atoms with E-state index in [2.05, 4.69) is 40.9 Å². The molecule has 4 heteroatoms. The van der Waals surface area contributed by atoms with E-state index in [-0.39, 0.29) is 0 Å². The highest BCUT2D eigenvalue weighted by Crippen LogP contribution is 2.12. The van der Waals surface area contributed by atoms with Gasteiger partial charge in [-0.2, -0.15) is 0 Å². The van der Waals surface area contributed by atoms with E-state index >= 15 is 0 Å². The highest BCUT2D eigenvalue weighted by Gasteiger charge is 2.06. The van der Waals surface area contributed by atoms with Gasteiger partial charge < -0.3 is 0 Å². The van der Waals surface area contributed by atoms with E-state index in [1.54, 1.807) is 6.20 Å². The second-order valence-corrected chi connectivity index (χ2v) is 6.07. The lowest BCUT2D eigenvalue weighted by Gasteiger charge is -2.06. The summed E-state index contributed by atoms with van der Waals surface area (Å²) in [6.45, 7) is 6.13. The lowest BCUT2D eigenvalue weighted by atomic mass is 10.2. The molecule has 0 aliphatic carbocycles. The first kappa shape index (κ1) is 16.9. The van der Waals surface area contributed by atoms with Crippen molar-refractivity contribution in [2.24, 2.45) is 0 Å². The van der Waals surface area contributed by atoms with Gasteiger partial charge >= 0.3 is 0 Å². The third kappa shape index (κ3) is 4.33. The quantitative estimate of drug-likeness (QED) is 0.679. The standard InChI is InChI=1S/C21H22N4/c1-4-5-7-19-8-6-9-21(24-19)25-15-20(23-17(25)3)11-10-18-12-13-22-16(2)14-18/h6,8-9,12-15H,4-5,7H2,1-3H3. The van der Waals surface area contributed by atoms with Crippen LogP contribution in [0, 0.1) is 25.7 Å². The third-order valence-corrected chi connectivity index (χ3v) is 3.94. The summed E-state index contributed by atoms with van der Waals surface area (Å²) in [5.41, 5.74) is 3.76. The predicted molar refractivity (Wildman–Crippen MR) is 99.7 cm³/mol. The summed E-state index contributed by atoms with van der Waals surface area (Å²) in [5.74, 6) is 8.06. The van der Waals surface area contributed by atoms with E-state index in [9.17, 15) is 0 Å². The summed E-state index contributed by atoms with van der Waals surface area (Å²) in [5, 5.41) is 0. The minimum absolute atomic E-state index is 0.743. The first-order valence-corrected chi connectivity index (χ1v) is 8.62. The van der Waals surface area contributed by atoms with Crippen LogP contribution in [0.25, 0.3) is 5.82 Å². The van der Waals surface area contributed by atoms with E-state index in [1.807, 2.05) is 42.8 Å². The maximum absolute atomic E-state index is 4.75. The van der Waals surface area contributed by atoms with Gasteiger partial charge in [-0.15, -0.1) is 0 Å². The Balaban J connectivity index is 1.86. The van der Waals surface area contributed by atoms with Crippen molar-refractivity contribution >= 4 is 0 Å². The van der Waals surface area contributed by atoms with Crippen molar-refractivity contribution in [3.05, 3.63) is 71.2 Å². The van der Waals surface area contributed by atoms with E-state index in [0.29, 0.717) is 0 Å². The van der Waals surface area contributed by atoms with Crippen LogP contribution in [-0.4, -0.2) is 19.5 Å². The van der Waals surface area contributed by atoms with Crippen molar-refractivity contribution in [3.8, 4) is 17.7 Å². The second kappa shape index (κ2) is 7.76. The fourth-order valence-corrected chi connectivity index (χ4v) is 2.62. The Morgan fingerprint density at radius 1 is 1.08 bits per heavy atom. The summed E-state index contributed by atoms with van der Waals surface area (Å²) >= 11 is 0. The van der Waals surface area contributed by atoms with Gasteiger partial charge in [0.15, 0.2) is 0 Å². The summed E-state index contributed by atoms with van der Waals surface area (Å²) < 4.78 is 2.00. The first-order chi connectivity index (χ1) is 12.2. The van der Waals surface area contributed by atoms with Gasteiger partial charge in [-0.05, 0) is 56.9 Å². The van der Waals surface area contributed by atoms with Gasteiger partial charge in [-0.1, -0.05) is 25.3 Å². The maximum atomic E-state index is 4.75. The van der Waals surface area contributed by atoms with Crippen molar-refractivity contribution in [2.75, 3.05) is 0 Å². The highest BCUT2D eigenvalue weighted by atomic mass is 15.1. The van der Waals surface area contributed by atoms with Crippen molar-refractivity contribution in [1.82, 2.24) is 19.5 Å². The van der Waals surface area contributed by atoms with Gasteiger partial charge in [-0.3, -0.25) is 9.55 Å². The zero-order valence-electron chi connectivity index (χ0n) is 15.0. The molecule has 0 aliphatic heterocycles. The van der Waals surface area contributed by atoms with Gasteiger partial charge in [0.2, 0.25) is 0 Å². The van der Waals surface area contributed by atoms with Gasteiger partial charge in [0, 0.05) is 29.3 Å². The third-order valence-electron chi connectivity index (χ3n) is 3.94. The van der Waals surface area contributed by atoms with Gasteiger partial charge in [0.05, 0.1) is 0 Å². The molecule has 3 aromatic heterocycles. The molecule has 0 amide bonds. The molecule has 0 bridgehead atoms. The molecule has 0 aromatic carbocycles. The Bertz CT molecular complexity index is 928. The van der Waals surface area contributed by atoms with Crippen molar-refractivity contribution in [2.45, 2.75) is 40.0 Å². The lowest BCUT2D eigenvalue weighted by molar-refractivity contribution is 0.770. The zero-order chi connectivity index (χ0) is 17.6. The number of aromatic nitrogens is 4. The number of nitrogens with zero attached hydrogens (tertiary/aromatic N) is 4. The van der Waals surface area contributed by atoms with Crippen LogP contribution in [0.3, 0.4) is 0 Å². The molecule has 0 saturated heterocycles. The fourth-order valence-electron chi connectivity index (χ4n) is 2.62. The molecule has 3 heterocycles. The number of unbranched alkanes of at least 4 members (excludes halogenated alkanes) is 1. The molecule has 0 radical (unpaired) electrons. The smallest absolute Gasteiger partial charge is 0.138 e. The Morgan fingerprint density at radius 2 is 1.96 bits per heavy atom. The topological polar surface area (TPSA) is 43.6 Å². The molecule has 0 atom stereocenters. The molecule has 126 valence electrons. The van der Waals surface area contributed by atoms with Crippen LogP contribution in [0.1, 0.15) is 48.2 Å². The van der Waals surface area contributed by atoms with Crippen LogP contribution >= 0.6 is 0 Å². The second-order valence-electron chi connectivity index (χ2n) is 6.07. The van der Waals surface area contributed by atoms with E-state index in [4.69, 9.17) is 4.98 Å².